The Hall–Kier alpha value is -0.700. The van der Waals surface area contributed by atoms with Crippen molar-refractivity contribution in [2.24, 2.45) is 7.05 Å². The van der Waals surface area contributed by atoms with Crippen molar-refractivity contribution in [3.8, 4) is 0 Å². The number of hydrogen-bond donors (Lipinski definition) is 0. The van der Waals surface area contributed by atoms with E-state index in [4.69, 9.17) is 11.6 Å². The number of nitrogens with zero attached hydrogens (tertiary/aromatic N) is 3. The number of aromatic nitrogens is 2. The maximum absolute atomic E-state index is 6.12. The molecule has 1 atom stereocenters. The molecular formula is C14H24ClN3. The minimum atomic E-state index is 0.557. The molecule has 0 bridgehead atoms. The number of alkyl halides is 1. The molecule has 0 saturated carbocycles. The summed E-state index contributed by atoms with van der Waals surface area (Å²) in [5.41, 5.74) is 2.28. The van der Waals surface area contributed by atoms with Gasteiger partial charge < -0.3 is 4.90 Å². The summed E-state index contributed by atoms with van der Waals surface area (Å²) in [6.07, 6.45) is 6.47. The minimum absolute atomic E-state index is 0.557. The zero-order valence-corrected chi connectivity index (χ0v) is 12.5. The molecule has 18 heavy (non-hydrogen) atoms. The van der Waals surface area contributed by atoms with Crippen molar-refractivity contribution in [1.29, 1.82) is 0 Å². The molecule has 0 aliphatic carbocycles. The molecule has 1 saturated heterocycles. The number of anilines is 1. The molecule has 0 aromatic carbocycles. The molecule has 102 valence electrons. The molecule has 0 spiro atoms. The summed E-state index contributed by atoms with van der Waals surface area (Å²) in [6.45, 7) is 5.48. The molecule has 1 unspecified atom stereocenters. The van der Waals surface area contributed by atoms with Crippen LogP contribution in [0, 0.1) is 6.92 Å². The van der Waals surface area contributed by atoms with E-state index < -0.39 is 0 Å². The van der Waals surface area contributed by atoms with Crippen LogP contribution in [0.5, 0.6) is 0 Å². The van der Waals surface area contributed by atoms with Gasteiger partial charge in [0, 0.05) is 25.2 Å². The molecular weight excluding hydrogens is 246 g/mol. The summed E-state index contributed by atoms with van der Waals surface area (Å²) in [5, 5.41) is 4.55. The van der Waals surface area contributed by atoms with Crippen LogP contribution >= 0.6 is 11.6 Å². The van der Waals surface area contributed by atoms with Crippen LogP contribution in [0.4, 0.5) is 5.82 Å². The van der Waals surface area contributed by atoms with Crippen molar-refractivity contribution in [3.63, 3.8) is 0 Å². The first kappa shape index (κ1) is 13.7. The van der Waals surface area contributed by atoms with E-state index in [1.807, 2.05) is 11.7 Å². The zero-order chi connectivity index (χ0) is 13.1. The third kappa shape index (κ3) is 2.51. The highest BCUT2D eigenvalue weighted by atomic mass is 35.5. The third-order valence-electron chi connectivity index (χ3n) is 4.07. The Balaban J connectivity index is 2.38. The molecule has 2 rings (SSSR count). The van der Waals surface area contributed by atoms with Crippen molar-refractivity contribution < 1.29 is 0 Å². The molecule has 1 aliphatic rings. The first-order valence-corrected chi connectivity index (χ1v) is 7.57. The van der Waals surface area contributed by atoms with E-state index >= 15 is 0 Å². The predicted octanol–water partition coefficient (Wildman–Crippen LogP) is 3.63. The summed E-state index contributed by atoms with van der Waals surface area (Å²) >= 11 is 6.12. The molecule has 0 amide bonds. The minimum Gasteiger partial charge on any atom is -0.354 e. The summed E-state index contributed by atoms with van der Waals surface area (Å²) in [5.74, 6) is 1.80. The van der Waals surface area contributed by atoms with Gasteiger partial charge in [-0.05, 0) is 26.2 Å². The number of hydrogen-bond acceptors (Lipinski definition) is 2. The van der Waals surface area contributed by atoms with Crippen molar-refractivity contribution >= 4 is 17.4 Å². The van der Waals surface area contributed by atoms with E-state index in [1.165, 1.54) is 43.5 Å². The lowest BCUT2D eigenvalue weighted by molar-refractivity contribution is 0.540. The monoisotopic (exact) mass is 269 g/mol. The Bertz CT molecular complexity index is 400. The fraction of sp³-hybridized carbons (Fsp3) is 0.786. The molecule has 2 heterocycles. The molecule has 3 nitrogen and oxygen atoms in total. The van der Waals surface area contributed by atoms with Gasteiger partial charge in [0.15, 0.2) is 0 Å². The maximum atomic E-state index is 6.12. The van der Waals surface area contributed by atoms with E-state index in [-0.39, 0.29) is 0 Å². The summed E-state index contributed by atoms with van der Waals surface area (Å²) < 4.78 is 2.01. The number of rotatable bonds is 3. The van der Waals surface area contributed by atoms with Crippen molar-refractivity contribution in [2.75, 3.05) is 11.4 Å². The largest absolute Gasteiger partial charge is 0.354 e. The second-order valence-electron chi connectivity index (χ2n) is 5.25. The normalized spacial score (nSPS) is 21.1. The number of halogens is 1. The lowest BCUT2D eigenvalue weighted by Gasteiger charge is -2.32. The van der Waals surface area contributed by atoms with Gasteiger partial charge in [0.1, 0.15) is 5.82 Å². The summed E-state index contributed by atoms with van der Waals surface area (Å²) in [4.78, 5) is 2.55. The van der Waals surface area contributed by atoms with E-state index in [1.54, 1.807) is 0 Å². The predicted molar refractivity (Wildman–Crippen MR) is 77.4 cm³/mol. The second-order valence-corrected chi connectivity index (χ2v) is 5.52. The van der Waals surface area contributed by atoms with Gasteiger partial charge in [-0.2, -0.15) is 5.10 Å². The quantitative estimate of drug-likeness (QED) is 0.782. The molecule has 1 aromatic rings. The van der Waals surface area contributed by atoms with E-state index in [0.29, 0.717) is 11.9 Å². The van der Waals surface area contributed by atoms with E-state index in [2.05, 4.69) is 23.8 Å². The van der Waals surface area contributed by atoms with Gasteiger partial charge in [0.25, 0.3) is 0 Å². The first-order valence-electron chi connectivity index (χ1n) is 7.04. The van der Waals surface area contributed by atoms with Crippen LogP contribution in [0.3, 0.4) is 0 Å². The lowest BCUT2D eigenvalue weighted by Crippen LogP contribution is -2.36. The summed E-state index contributed by atoms with van der Waals surface area (Å²) in [6, 6.07) is 0.643. The van der Waals surface area contributed by atoms with Crippen LogP contribution in [0.1, 0.15) is 50.3 Å². The highest BCUT2D eigenvalue weighted by Crippen LogP contribution is 2.30. The second kappa shape index (κ2) is 5.96. The Morgan fingerprint density at radius 2 is 2.11 bits per heavy atom. The first-order chi connectivity index (χ1) is 8.69. The van der Waals surface area contributed by atoms with Crippen LogP contribution in [0.2, 0.25) is 0 Å². The highest BCUT2D eigenvalue weighted by molar-refractivity contribution is 6.17. The SMILES string of the molecule is CCC1CCCCCN1c1c(CCl)c(C)nn1C. The van der Waals surface area contributed by atoms with Gasteiger partial charge in [0.05, 0.1) is 11.6 Å². The van der Waals surface area contributed by atoms with Gasteiger partial charge in [0.2, 0.25) is 0 Å². The van der Waals surface area contributed by atoms with Crippen LogP contribution in [0.15, 0.2) is 0 Å². The lowest BCUT2D eigenvalue weighted by atomic mass is 10.1. The molecule has 0 radical (unpaired) electrons. The van der Waals surface area contributed by atoms with Gasteiger partial charge in [-0.15, -0.1) is 11.6 Å². The number of aryl methyl sites for hydroxylation is 2. The van der Waals surface area contributed by atoms with Crippen LogP contribution in [-0.4, -0.2) is 22.4 Å². The fourth-order valence-electron chi connectivity index (χ4n) is 3.09. The topological polar surface area (TPSA) is 21.1 Å². The summed E-state index contributed by atoms with van der Waals surface area (Å²) in [7, 11) is 2.04. The zero-order valence-electron chi connectivity index (χ0n) is 11.7. The van der Waals surface area contributed by atoms with Crippen molar-refractivity contribution in [1.82, 2.24) is 9.78 Å². The average Bonchev–Trinajstić information content (AvgIpc) is 2.55. The van der Waals surface area contributed by atoms with Gasteiger partial charge in [-0.25, -0.2) is 0 Å². The maximum Gasteiger partial charge on any atom is 0.131 e. The van der Waals surface area contributed by atoms with Gasteiger partial charge >= 0.3 is 0 Å². The van der Waals surface area contributed by atoms with E-state index in [0.717, 1.165) is 12.2 Å². The Morgan fingerprint density at radius 1 is 1.33 bits per heavy atom. The molecule has 4 heteroatoms. The Labute approximate surface area is 115 Å². The van der Waals surface area contributed by atoms with Crippen LogP contribution in [-0.2, 0) is 12.9 Å². The smallest absolute Gasteiger partial charge is 0.131 e. The van der Waals surface area contributed by atoms with Gasteiger partial charge in [-0.3, -0.25) is 4.68 Å². The highest BCUT2D eigenvalue weighted by Gasteiger charge is 2.25. The van der Waals surface area contributed by atoms with Gasteiger partial charge in [-0.1, -0.05) is 19.8 Å². The van der Waals surface area contributed by atoms with Crippen molar-refractivity contribution in [3.05, 3.63) is 11.3 Å². The molecule has 1 aliphatic heterocycles. The molecule has 1 fully saturated rings. The van der Waals surface area contributed by atoms with E-state index in [9.17, 15) is 0 Å². The standard InChI is InChI=1S/C14H24ClN3/c1-4-12-8-6-5-7-9-18(12)14-13(10-15)11(2)16-17(14)3/h12H,4-10H2,1-3H3. The van der Waals surface area contributed by atoms with Crippen LogP contribution in [0.25, 0.3) is 0 Å². The average molecular weight is 270 g/mol. The molecule has 1 aromatic heterocycles. The Kier molecular flexibility index (Phi) is 4.55. The third-order valence-corrected chi connectivity index (χ3v) is 4.33. The molecule has 0 N–H and O–H groups in total. The fourth-order valence-corrected chi connectivity index (χ4v) is 3.40. The Morgan fingerprint density at radius 3 is 2.78 bits per heavy atom. The van der Waals surface area contributed by atoms with Crippen LogP contribution < -0.4 is 4.90 Å². The van der Waals surface area contributed by atoms with Crippen molar-refractivity contribution in [2.45, 2.75) is 57.9 Å².